The summed E-state index contributed by atoms with van der Waals surface area (Å²) in [5.74, 6) is 0.582. The Morgan fingerprint density at radius 1 is 1.06 bits per heavy atom. The molecule has 0 saturated heterocycles. The summed E-state index contributed by atoms with van der Waals surface area (Å²) < 4.78 is 7.59. The van der Waals surface area contributed by atoms with Crippen molar-refractivity contribution in [1.29, 1.82) is 0 Å². The van der Waals surface area contributed by atoms with Gasteiger partial charge < -0.3 is 15.0 Å². The molecule has 0 aliphatic carbocycles. The normalized spacial score (nSPS) is 10.8. The Morgan fingerprint density at radius 3 is 2.47 bits per heavy atom. The lowest BCUT2D eigenvalue weighted by Crippen LogP contribution is -2.23. The monoisotopic (exact) mass is 431 g/mol. The first kappa shape index (κ1) is 20.9. The number of hydrogen-bond acceptors (Lipinski definition) is 7. The third-order valence-electron chi connectivity index (χ3n) is 4.57. The number of pyridine rings is 1. The number of fused-ring (bicyclic) bond motifs is 1. The summed E-state index contributed by atoms with van der Waals surface area (Å²) in [5, 5.41) is 7.88. The molecule has 1 N–H and O–H groups in total. The summed E-state index contributed by atoms with van der Waals surface area (Å²) in [4.78, 5) is 38.5. The van der Waals surface area contributed by atoms with Crippen molar-refractivity contribution in [3.63, 3.8) is 0 Å². The summed E-state index contributed by atoms with van der Waals surface area (Å²) in [5.41, 5.74) is 1.94. The molecule has 162 valence electrons. The molecule has 32 heavy (non-hydrogen) atoms. The summed E-state index contributed by atoms with van der Waals surface area (Å²) >= 11 is 0. The van der Waals surface area contributed by atoms with Gasteiger partial charge in [0.15, 0.2) is 5.75 Å². The van der Waals surface area contributed by atoms with E-state index in [1.165, 1.54) is 17.3 Å². The van der Waals surface area contributed by atoms with Crippen LogP contribution in [-0.4, -0.2) is 55.5 Å². The molecule has 0 atom stereocenters. The molecule has 0 bridgehead atoms. The first-order chi connectivity index (χ1) is 15.3. The zero-order chi connectivity index (χ0) is 22.8. The van der Waals surface area contributed by atoms with Crippen LogP contribution >= 0.6 is 0 Å². The number of hydrogen-bond donors (Lipinski definition) is 1. The number of anilines is 1. The van der Waals surface area contributed by atoms with Crippen molar-refractivity contribution in [2.75, 3.05) is 19.4 Å². The minimum Gasteiger partial charge on any atom is -0.453 e. The number of carbonyl (C=O) groups is 2. The number of nitrogens with zero attached hydrogens (tertiary/aromatic N) is 6. The zero-order valence-electron chi connectivity index (χ0n) is 18.0. The first-order valence-electron chi connectivity index (χ1n) is 9.73. The highest BCUT2D eigenvalue weighted by Crippen LogP contribution is 2.31. The topological polar surface area (TPSA) is 115 Å². The SMILES string of the molecule is Cc1ccc(NC(=O)c2cc(Oc3cnc(C(=O)N(C)C)nc3)c3cn(C)nc3c2)nc1. The van der Waals surface area contributed by atoms with Crippen LogP contribution in [0.15, 0.2) is 49.1 Å². The van der Waals surface area contributed by atoms with E-state index in [0.29, 0.717) is 33.8 Å². The van der Waals surface area contributed by atoms with E-state index in [-0.39, 0.29) is 17.6 Å². The Bertz CT molecular complexity index is 1300. The fourth-order valence-electron chi connectivity index (χ4n) is 2.96. The zero-order valence-corrected chi connectivity index (χ0v) is 18.0. The molecule has 10 heteroatoms. The third-order valence-corrected chi connectivity index (χ3v) is 4.57. The van der Waals surface area contributed by atoms with Gasteiger partial charge >= 0.3 is 0 Å². The van der Waals surface area contributed by atoms with Gasteiger partial charge in [0, 0.05) is 39.1 Å². The lowest BCUT2D eigenvalue weighted by Gasteiger charge is -2.11. The van der Waals surface area contributed by atoms with Gasteiger partial charge in [-0.25, -0.2) is 15.0 Å². The van der Waals surface area contributed by atoms with E-state index < -0.39 is 0 Å². The maximum atomic E-state index is 12.8. The van der Waals surface area contributed by atoms with Crippen molar-refractivity contribution in [2.24, 2.45) is 7.05 Å². The van der Waals surface area contributed by atoms with Gasteiger partial charge in [0.2, 0.25) is 5.82 Å². The van der Waals surface area contributed by atoms with Gasteiger partial charge in [-0.2, -0.15) is 5.10 Å². The van der Waals surface area contributed by atoms with E-state index in [2.05, 4.69) is 25.4 Å². The smallest absolute Gasteiger partial charge is 0.291 e. The molecular weight excluding hydrogens is 410 g/mol. The molecule has 0 spiro atoms. The molecule has 0 fully saturated rings. The van der Waals surface area contributed by atoms with Crippen molar-refractivity contribution in [3.8, 4) is 11.5 Å². The minimum absolute atomic E-state index is 0.0626. The van der Waals surface area contributed by atoms with Crippen LogP contribution in [0.25, 0.3) is 10.9 Å². The van der Waals surface area contributed by atoms with E-state index in [4.69, 9.17) is 4.74 Å². The molecule has 4 aromatic rings. The van der Waals surface area contributed by atoms with Gasteiger partial charge in [0.1, 0.15) is 11.6 Å². The van der Waals surface area contributed by atoms with E-state index in [1.807, 2.05) is 13.0 Å². The van der Waals surface area contributed by atoms with Crippen molar-refractivity contribution in [1.82, 2.24) is 29.6 Å². The van der Waals surface area contributed by atoms with Gasteiger partial charge in [0.25, 0.3) is 11.8 Å². The molecular formula is C22H21N7O3. The largest absolute Gasteiger partial charge is 0.453 e. The summed E-state index contributed by atoms with van der Waals surface area (Å²) in [7, 11) is 5.03. The number of aryl methyl sites for hydroxylation is 2. The standard InChI is InChI=1S/C22H21N7O3/c1-13-5-6-19(23-9-13)26-21(30)14-7-17-16(12-29(4)27-17)18(8-14)32-15-10-24-20(25-11-15)22(31)28(2)3/h5-12H,1-4H3,(H,23,26,30). The van der Waals surface area contributed by atoms with E-state index >= 15 is 0 Å². The number of aromatic nitrogens is 5. The summed E-state index contributed by atoms with van der Waals surface area (Å²) in [6, 6.07) is 6.90. The Kier molecular flexibility index (Phi) is 5.50. The molecule has 3 heterocycles. The van der Waals surface area contributed by atoms with Crippen molar-refractivity contribution < 1.29 is 14.3 Å². The number of benzene rings is 1. The van der Waals surface area contributed by atoms with Gasteiger partial charge in [-0.1, -0.05) is 6.07 Å². The average Bonchev–Trinajstić information content (AvgIpc) is 3.15. The highest BCUT2D eigenvalue weighted by atomic mass is 16.5. The molecule has 2 amide bonds. The first-order valence-corrected chi connectivity index (χ1v) is 9.73. The van der Waals surface area contributed by atoms with Crippen LogP contribution in [-0.2, 0) is 7.05 Å². The van der Waals surface area contributed by atoms with Crippen LogP contribution in [0.2, 0.25) is 0 Å². The quantitative estimate of drug-likeness (QED) is 0.517. The van der Waals surface area contributed by atoms with Crippen LogP contribution in [0.4, 0.5) is 5.82 Å². The third kappa shape index (κ3) is 4.38. The maximum absolute atomic E-state index is 12.8. The van der Waals surface area contributed by atoms with Gasteiger partial charge in [-0.15, -0.1) is 0 Å². The number of nitrogens with one attached hydrogen (secondary N) is 1. The van der Waals surface area contributed by atoms with Crippen LogP contribution in [0.5, 0.6) is 11.5 Å². The lowest BCUT2D eigenvalue weighted by molar-refractivity contribution is 0.0815. The van der Waals surface area contributed by atoms with E-state index in [1.54, 1.807) is 56.4 Å². The second-order valence-electron chi connectivity index (χ2n) is 7.43. The van der Waals surface area contributed by atoms with E-state index in [0.717, 1.165) is 5.56 Å². The van der Waals surface area contributed by atoms with Gasteiger partial charge in [0.05, 0.1) is 23.3 Å². The molecule has 0 aliphatic heterocycles. The van der Waals surface area contributed by atoms with Crippen LogP contribution in [0.3, 0.4) is 0 Å². The predicted molar refractivity (Wildman–Crippen MR) is 118 cm³/mol. The van der Waals surface area contributed by atoms with Crippen LogP contribution in [0.1, 0.15) is 26.5 Å². The Hall–Kier alpha value is -4.34. The molecule has 10 nitrogen and oxygen atoms in total. The molecule has 0 aliphatic rings. The number of rotatable bonds is 5. The van der Waals surface area contributed by atoms with Crippen LogP contribution < -0.4 is 10.1 Å². The second kappa shape index (κ2) is 8.42. The molecule has 1 aromatic carbocycles. The van der Waals surface area contributed by atoms with Crippen molar-refractivity contribution in [3.05, 3.63) is 66.0 Å². The number of ether oxygens (including phenoxy) is 1. The fraction of sp³-hybridized carbons (Fsp3) is 0.182. The molecule has 0 radical (unpaired) electrons. The number of carbonyl (C=O) groups excluding carboxylic acids is 2. The van der Waals surface area contributed by atoms with Crippen LogP contribution in [0, 0.1) is 6.92 Å². The Balaban J connectivity index is 1.64. The lowest BCUT2D eigenvalue weighted by atomic mass is 10.1. The maximum Gasteiger partial charge on any atom is 0.291 e. The van der Waals surface area contributed by atoms with Crippen molar-refractivity contribution in [2.45, 2.75) is 6.92 Å². The summed E-state index contributed by atoms with van der Waals surface area (Å²) in [6.45, 7) is 1.92. The highest BCUT2D eigenvalue weighted by molar-refractivity contribution is 6.06. The molecule has 0 saturated carbocycles. The van der Waals surface area contributed by atoms with Gasteiger partial charge in [-0.05, 0) is 30.7 Å². The highest BCUT2D eigenvalue weighted by Gasteiger charge is 2.16. The number of amides is 2. The fourth-order valence-corrected chi connectivity index (χ4v) is 2.96. The summed E-state index contributed by atoms with van der Waals surface area (Å²) in [6.07, 6.45) is 6.29. The van der Waals surface area contributed by atoms with E-state index in [9.17, 15) is 9.59 Å². The Morgan fingerprint density at radius 2 is 1.81 bits per heavy atom. The minimum atomic E-state index is -0.345. The molecule has 0 unspecified atom stereocenters. The average molecular weight is 431 g/mol. The molecule has 4 rings (SSSR count). The molecule has 3 aromatic heterocycles. The second-order valence-corrected chi connectivity index (χ2v) is 7.43. The van der Waals surface area contributed by atoms with Gasteiger partial charge in [-0.3, -0.25) is 14.3 Å². The van der Waals surface area contributed by atoms with Crippen molar-refractivity contribution >= 4 is 28.5 Å². The predicted octanol–water partition coefficient (Wildman–Crippen LogP) is 2.81. The Labute approximate surface area is 183 Å².